The largest absolute Gasteiger partial charge is 0.353 e. The number of hydrogen-bond donors (Lipinski definition) is 0. The van der Waals surface area contributed by atoms with E-state index < -0.39 is 5.82 Å². The molecule has 1 aliphatic heterocycles. The smallest absolute Gasteiger partial charge is 0.256 e. The molecule has 1 fully saturated rings. The van der Waals surface area contributed by atoms with Crippen molar-refractivity contribution in [2.45, 2.75) is 20.8 Å². The van der Waals surface area contributed by atoms with Crippen LogP contribution in [0.3, 0.4) is 0 Å². The maximum Gasteiger partial charge on any atom is 0.256 e. The third-order valence-electron chi connectivity index (χ3n) is 5.30. The van der Waals surface area contributed by atoms with Crippen LogP contribution < -0.4 is 4.90 Å². The van der Waals surface area contributed by atoms with Gasteiger partial charge in [0.15, 0.2) is 0 Å². The van der Waals surface area contributed by atoms with Crippen molar-refractivity contribution >= 4 is 11.7 Å². The Labute approximate surface area is 168 Å². The van der Waals surface area contributed by atoms with Gasteiger partial charge in [0, 0.05) is 37.9 Å². The van der Waals surface area contributed by atoms with Crippen molar-refractivity contribution in [1.29, 1.82) is 0 Å². The summed E-state index contributed by atoms with van der Waals surface area (Å²) < 4.78 is 15.9. The molecule has 0 radical (unpaired) electrons. The van der Waals surface area contributed by atoms with E-state index in [0.29, 0.717) is 32.0 Å². The van der Waals surface area contributed by atoms with Gasteiger partial charge in [-0.3, -0.25) is 9.36 Å². The Morgan fingerprint density at radius 1 is 1.00 bits per heavy atom. The number of piperazine rings is 1. The summed E-state index contributed by atoms with van der Waals surface area (Å²) >= 11 is 0. The predicted octanol–water partition coefficient (Wildman–Crippen LogP) is 2.69. The summed E-state index contributed by atoms with van der Waals surface area (Å²) in [6, 6.07) is 8.05. The maximum atomic E-state index is 13.9. The molecule has 0 aliphatic carbocycles. The Balaban J connectivity index is 1.51. The zero-order chi connectivity index (χ0) is 20.5. The minimum Gasteiger partial charge on any atom is -0.353 e. The van der Waals surface area contributed by atoms with Crippen LogP contribution in [0.5, 0.6) is 0 Å². The molecule has 4 rings (SSSR count). The highest BCUT2D eigenvalue weighted by Crippen LogP contribution is 2.20. The monoisotopic (exact) mass is 394 g/mol. The molecule has 0 bridgehead atoms. The first-order chi connectivity index (χ1) is 13.9. The van der Waals surface area contributed by atoms with Crippen molar-refractivity contribution in [3.63, 3.8) is 0 Å². The topological polar surface area (TPSA) is 67.2 Å². The molecule has 1 aromatic carbocycles. The van der Waals surface area contributed by atoms with Crippen LogP contribution in [0.15, 0.2) is 36.7 Å². The standard InChI is InChI=1S/C21H23FN6O/c1-14-15(2)28(13-23-14)20-12-19(24-16(3)25-20)26-8-10-27(11-9-26)21(29)17-6-4-5-7-18(17)22/h4-7,12-13H,8-11H2,1-3H3. The number of rotatable bonds is 3. The number of aromatic nitrogens is 4. The van der Waals surface area contributed by atoms with Crippen molar-refractivity contribution < 1.29 is 9.18 Å². The lowest BCUT2D eigenvalue weighted by atomic mass is 10.1. The first kappa shape index (κ1) is 19.0. The normalized spacial score (nSPS) is 14.3. The van der Waals surface area contributed by atoms with E-state index in [0.717, 1.165) is 23.0 Å². The average molecular weight is 394 g/mol. The van der Waals surface area contributed by atoms with Crippen LogP contribution in [0, 0.1) is 26.6 Å². The van der Waals surface area contributed by atoms with Crippen LogP contribution in [0.4, 0.5) is 10.2 Å². The van der Waals surface area contributed by atoms with Crippen LogP contribution in [0.1, 0.15) is 27.6 Å². The fraction of sp³-hybridized carbons (Fsp3) is 0.333. The van der Waals surface area contributed by atoms with Gasteiger partial charge in [-0.2, -0.15) is 0 Å². The van der Waals surface area contributed by atoms with Crippen LogP contribution >= 0.6 is 0 Å². The van der Waals surface area contributed by atoms with Gasteiger partial charge in [0.25, 0.3) is 5.91 Å². The molecule has 2 aromatic heterocycles. The number of nitrogens with zero attached hydrogens (tertiary/aromatic N) is 6. The van der Waals surface area contributed by atoms with E-state index in [2.05, 4.69) is 19.9 Å². The second kappa shape index (κ2) is 7.62. The molecule has 0 atom stereocenters. The van der Waals surface area contributed by atoms with Crippen LogP contribution in [-0.2, 0) is 0 Å². The highest BCUT2D eigenvalue weighted by Gasteiger charge is 2.25. The molecule has 7 nitrogen and oxygen atoms in total. The number of imidazole rings is 1. The number of carbonyl (C=O) groups excluding carboxylic acids is 1. The summed E-state index contributed by atoms with van der Waals surface area (Å²) in [6.07, 6.45) is 1.77. The molecule has 3 aromatic rings. The van der Waals surface area contributed by atoms with E-state index in [1.54, 1.807) is 23.4 Å². The molecule has 0 N–H and O–H groups in total. The Bertz CT molecular complexity index is 1060. The lowest BCUT2D eigenvalue weighted by Gasteiger charge is -2.35. The zero-order valence-electron chi connectivity index (χ0n) is 16.8. The molecule has 1 amide bonds. The second-order valence-corrected chi connectivity index (χ2v) is 7.18. The second-order valence-electron chi connectivity index (χ2n) is 7.18. The van der Waals surface area contributed by atoms with Gasteiger partial charge in [-0.25, -0.2) is 19.3 Å². The molecule has 29 heavy (non-hydrogen) atoms. The Morgan fingerprint density at radius 3 is 2.34 bits per heavy atom. The maximum absolute atomic E-state index is 13.9. The number of anilines is 1. The molecule has 3 heterocycles. The Morgan fingerprint density at radius 2 is 1.69 bits per heavy atom. The van der Waals surface area contributed by atoms with Gasteiger partial charge < -0.3 is 9.80 Å². The Hall–Kier alpha value is -3.29. The fourth-order valence-electron chi connectivity index (χ4n) is 3.50. The molecule has 0 saturated carbocycles. The van der Waals surface area contributed by atoms with Gasteiger partial charge in [0.05, 0.1) is 11.3 Å². The quantitative estimate of drug-likeness (QED) is 0.683. The van der Waals surface area contributed by atoms with Crippen LogP contribution in [0.25, 0.3) is 5.82 Å². The third-order valence-corrected chi connectivity index (χ3v) is 5.30. The van der Waals surface area contributed by atoms with E-state index in [4.69, 9.17) is 0 Å². The minimum absolute atomic E-state index is 0.118. The highest BCUT2D eigenvalue weighted by molar-refractivity contribution is 5.94. The van der Waals surface area contributed by atoms with Crippen molar-refractivity contribution in [3.05, 3.63) is 65.3 Å². The van der Waals surface area contributed by atoms with Gasteiger partial charge in [0.1, 0.15) is 29.6 Å². The Kier molecular flexibility index (Phi) is 5.00. The summed E-state index contributed by atoms with van der Waals surface area (Å²) in [4.78, 5) is 29.9. The fourth-order valence-corrected chi connectivity index (χ4v) is 3.50. The molecule has 8 heteroatoms. The number of benzene rings is 1. The number of carbonyl (C=O) groups is 1. The SMILES string of the molecule is Cc1nc(N2CCN(C(=O)c3ccccc3F)CC2)cc(-n2cnc(C)c2C)n1. The average Bonchev–Trinajstić information content (AvgIpc) is 3.06. The molecular formula is C21H23FN6O. The van der Waals surface area contributed by atoms with E-state index >= 15 is 0 Å². The summed E-state index contributed by atoms with van der Waals surface area (Å²) in [5.74, 6) is 1.51. The molecule has 1 saturated heterocycles. The van der Waals surface area contributed by atoms with E-state index in [1.807, 2.05) is 31.4 Å². The van der Waals surface area contributed by atoms with Crippen molar-refractivity contribution in [2.75, 3.05) is 31.1 Å². The minimum atomic E-state index is -0.484. The number of halogens is 1. The van der Waals surface area contributed by atoms with E-state index in [9.17, 15) is 9.18 Å². The summed E-state index contributed by atoms with van der Waals surface area (Å²) in [6.45, 7) is 8.10. The highest BCUT2D eigenvalue weighted by atomic mass is 19.1. The zero-order valence-corrected chi connectivity index (χ0v) is 16.8. The number of aryl methyl sites for hydroxylation is 2. The van der Waals surface area contributed by atoms with Gasteiger partial charge in [-0.15, -0.1) is 0 Å². The molecule has 0 unspecified atom stereocenters. The van der Waals surface area contributed by atoms with E-state index in [-0.39, 0.29) is 11.5 Å². The first-order valence-corrected chi connectivity index (χ1v) is 9.59. The van der Waals surface area contributed by atoms with Gasteiger partial charge in [-0.1, -0.05) is 12.1 Å². The van der Waals surface area contributed by atoms with E-state index in [1.165, 1.54) is 12.1 Å². The van der Waals surface area contributed by atoms with Crippen LogP contribution in [-0.4, -0.2) is 56.5 Å². The van der Waals surface area contributed by atoms with Gasteiger partial charge >= 0.3 is 0 Å². The predicted molar refractivity (Wildman–Crippen MR) is 108 cm³/mol. The number of hydrogen-bond acceptors (Lipinski definition) is 5. The van der Waals surface area contributed by atoms with Crippen molar-refractivity contribution in [2.24, 2.45) is 0 Å². The summed E-state index contributed by atoms with van der Waals surface area (Å²) in [7, 11) is 0. The van der Waals surface area contributed by atoms with Gasteiger partial charge in [-0.05, 0) is 32.9 Å². The molecule has 150 valence electrons. The summed E-state index contributed by atoms with van der Waals surface area (Å²) in [5.41, 5.74) is 2.12. The lowest BCUT2D eigenvalue weighted by Crippen LogP contribution is -2.49. The van der Waals surface area contributed by atoms with Crippen molar-refractivity contribution in [3.8, 4) is 5.82 Å². The van der Waals surface area contributed by atoms with Gasteiger partial charge in [0.2, 0.25) is 0 Å². The molecule has 1 aliphatic rings. The number of amides is 1. The first-order valence-electron chi connectivity index (χ1n) is 9.59. The van der Waals surface area contributed by atoms with Crippen LogP contribution in [0.2, 0.25) is 0 Å². The molecule has 0 spiro atoms. The van der Waals surface area contributed by atoms with Crippen molar-refractivity contribution in [1.82, 2.24) is 24.4 Å². The third kappa shape index (κ3) is 3.70. The lowest BCUT2D eigenvalue weighted by molar-refractivity contribution is 0.0741. The molecular weight excluding hydrogens is 371 g/mol. The summed E-state index contributed by atoms with van der Waals surface area (Å²) in [5, 5.41) is 0.